The van der Waals surface area contributed by atoms with Gasteiger partial charge in [-0.2, -0.15) is 0 Å². The number of ether oxygens (including phenoxy) is 1. The molecule has 3 rings (SSSR count). The molecule has 1 aliphatic heterocycles. The monoisotopic (exact) mass is 431 g/mol. The summed E-state index contributed by atoms with van der Waals surface area (Å²) in [5.74, 6) is 0.399. The molecule has 130 valence electrons. The maximum atomic E-state index is 12.2. The molecular weight excluding hydrogens is 414 g/mol. The van der Waals surface area contributed by atoms with Crippen molar-refractivity contribution in [1.29, 1.82) is 0 Å². The zero-order chi connectivity index (χ0) is 17.5. The standard InChI is InChI=1S/C16H19BrClN3O2S/c1-16(2,3)23-15(22)21-6-4-9(5-7-21)13-12(17)10-8-11(18)19-20-14(10)24-13/h8-9H,4-7H2,1-3H3. The Hall–Kier alpha value is -0.920. The number of piperidine rings is 1. The number of hydrogen-bond acceptors (Lipinski definition) is 5. The summed E-state index contributed by atoms with van der Waals surface area (Å²) >= 11 is 11.3. The molecule has 0 atom stereocenters. The first-order valence-corrected chi connectivity index (χ1v) is 9.82. The molecule has 1 amide bonds. The molecule has 0 N–H and O–H groups in total. The van der Waals surface area contributed by atoms with E-state index in [-0.39, 0.29) is 6.09 Å². The highest BCUT2D eigenvalue weighted by molar-refractivity contribution is 9.10. The molecule has 0 aromatic carbocycles. The van der Waals surface area contributed by atoms with Gasteiger partial charge in [-0.1, -0.05) is 11.6 Å². The van der Waals surface area contributed by atoms with E-state index in [1.807, 2.05) is 26.8 Å². The van der Waals surface area contributed by atoms with E-state index in [2.05, 4.69) is 26.1 Å². The average Bonchev–Trinajstić information content (AvgIpc) is 2.83. The highest BCUT2D eigenvalue weighted by atomic mass is 79.9. The van der Waals surface area contributed by atoms with Gasteiger partial charge in [-0.25, -0.2) is 4.79 Å². The van der Waals surface area contributed by atoms with Crippen molar-refractivity contribution >= 4 is 55.2 Å². The quantitative estimate of drug-likeness (QED) is 0.620. The van der Waals surface area contributed by atoms with Crippen LogP contribution in [0.15, 0.2) is 10.5 Å². The third-order valence-electron chi connectivity index (χ3n) is 3.91. The van der Waals surface area contributed by atoms with Crippen LogP contribution in [0, 0.1) is 0 Å². The second-order valence-corrected chi connectivity index (χ2v) is 9.12. The first kappa shape index (κ1) is 17.9. The van der Waals surface area contributed by atoms with Gasteiger partial charge in [-0.15, -0.1) is 21.5 Å². The van der Waals surface area contributed by atoms with Gasteiger partial charge in [0.25, 0.3) is 0 Å². The van der Waals surface area contributed by atoms with Crippen LogP contribution in [-0.4, -0.2) is 39.9 Å². The number of carbonyl (C=O) groups is 1. The van der Waals surface area contributed by atoms with Crippen molar-refractivity contribution in [3.05, 3.63) is 20.6 Å². The Bertz CT molecular complexity index is 767. The van der Waals surface area contributed by atoms with E-state index in [9.17, 15) is 4.79 Å². The van der Waals surface area contributed by atoms with E-state index in [0.717, 1.165) is 27.5 Å². The van der Waals surface area contributed by atoms with E-state index in [4.69, 9.17) is 16.3 Å². The van der Waals surface area contributed by atoms with Crippen LogP contribution in [0.2, 0.25) is 5.15 Å². The number of likely N-dealkylation sites (tertiary alicyclic amines) is 1. The fourth-order valence-corrected chi connectivity index (χ4v) is 5.09. The van der Waals surface area contributed by atoms with Crippen molar-refractivity contribution < 1.29 is 9.53 Å². The van der Waals surface area contributed by atoms with Crippen molar-refractivity contribution in [3.8, 4) is 0 Å². The van der Waals surface area contributed by atoms with E-state index in [1.54, 1.807) is 16.2 Å². The molecule has 0 spiro atoms. The largest absolute Gasteiger partial charge is 0.444 e. The van der Waals surface area contributed by atoms with Crippen LogP contribution in [0.5, 0.6) is 0 Å². The van der Waals surface area contributed by atoms with Gasteiger partial charge < -0.3 is 9.64 Å². The maximum absolute atomic E-state index is 12.2. The Morgan fingerprint density at radius 3 is 2.67 bits per heavy atom. The Kier molecular flexibility index (Phi) is 5.04. The third-order valence-corrected chi connectivity index (χ3v) is 6.46. The lowest BCUT2D eigenvalue weighted by Crippen LogP contribution is -2.41. The molecule has 24 heavy (non-hydrogen) atoms. The van der Waals surface area contributed by atoms with Gasteiger partial charge in [0.05, 0.1) is 0 Å². The van der Waals surface area contributed by atoms with Crippen molar-refractivity contribution in [1.82, 2.24) is 15.1 Å². The van der Waals surface area contributed by atoms with Crippen LogP contribution >= 0.6 is 38.9 Å². The summed E-state index contributed by atoms with van der Waals surface area (Å²) in [6, 6.07) is 1.84. The lowest BCUT2D eigenvalue weighted by molar-refractivity contribution is 0.0205. The minimum atomic E-state index is -0.458. The predicted octanol–water partition coefficient (Wildman–Crippen LogP) is 5.22. The predicted molar refractivity (Wildman–Crippen MR) is 99.9 cm³/mol. The molecule has 2 aromatic heterocycles. The summed E-state index contributed by atoms with van der Waals surface area (Å²) in [7, 11) is 0. The number of fused-ring (bicyclic) bond motifs is 1. The Labute approximate surface area is 158 Å². The Morgan fingerprint density at radius 2 is 2.04 bits per heavy atom. The number of aromatic nitrogens is 2. The summed E-state index contributed by atoms with van der Waals surface area (Å²) in [5, 5.41) is 9.47. The highest BCUT2D eigenvalue weighted by Gasteiger charge is 2.29. The van der Waals surface area contributed by atoms with Crippen LogP contribution in [-0.2, 0) is 4.74 Å². The fourth-order valence-electron chi connectivity index (χ4n) is 2.78. The summed E-state index contributed by atoms with van der Waals surface area (Å²) in [6.45, 7) is 7.06. The Morgan fingerprint density at radius 1 is 1.38 bits per heavy atom. The van der Waals surface area contributed by atoms with E-state index < -0.39 is 5.60 Å². The smallest absolute Gasteiger partial charge is 0.410 e. The van der Waals surface area contributed by atoms with E-state index in [1.165, 1.54) is 4.88 Å². The zero-order valence-electron chi connectivity index (χ0n) is 13.8. The normalized spacial score (nSPS) is 16.6. The van der Waals surface area contributed by atoms with Crippen LogP contribution in [0.25, 0.3) is 10.2 Å². The summed E-state index contributed by atoms with van der Waals surface area (Å²) in [4.78, 5) is 16.1. The summed E-state index contributed by atoms with van der Waals surface area (Å²) in [5.41, 5.74) is -0.458. The molecule has 0 saturated carbocycles. The lowest BCUT2D eigenvalue weighted by Gasteiger charge is -2.33. The minimum Gasteiger partial charge on any atom is -0.444 e. The molecule has 1 saturated heterocycles. The zero-order valence-corrected chi connectivity index (χ0v) is 17.0. The van der Waals surface area contributed by atoms with Crippen molar-refractivity contribution in [2.45, 2.75) is 45.1 Å². The number of nitrogens with zero attached hydrogens (tertiary/aromatic N) is 3. The van der Waals surface area contributed by atoms with Crippen LogP contribution in [0.3, 0.4) is 0 Å². The van der Waals surface area contributed by atoms with Gasteiger partial charge in [-0.3, -0.25) is 0 Å². The first-order chi connectivity index (χ1) is 11.2. The Balaban J connectivity index is 1.71. The number of amides is 1. The molecule has 0 unspecified atom stereocenters. The number of halogens is 2. The van der Waals surface area contributed by atoms with Gasteiger partial charge in [-0.05, 0) is 61.5 Å². The molecule has 1 fully saturated rings. The number of rotatable bonds is 1. The van der Waals surface area contributed by atoms with E-state index >= 15 is 0 Å². The molecule has 2 aromatic rings. The number of carbonyl (C=O) groups excluding carboxylic acids is 1. The lowest BCUT2D eigenvalue weighted by atomic mass is 9.95. The molecule has 8 heteroatoms. The molecule has 5 nitrogen and oxygen atoms in total. The molecule has 1 aliphatic rings. The molecular formula is C16H19BrClN3O2S. The number of hydrogen-bond donors (Lipinski definition) is 0. The molecule has 0 radical (unpaired) electrons. The summed E-state index contributed by atoms with van der Waals surface area (Å²) < 4.78 is 6.50. The SMILES string of the molecule is CC(C)(C)OC(=O)N1CCC(c2sc3nnc(Cl)cc3c2Br)CC1. The maximum Gasteiger partial charge on any atom is 0.410 e. The third kappa shape index (κ3) is 3.83. The topological polar surface area (TPSA) is 55.3 Å². The van der Waals surface area contributed by atoms with Crippen LogP contribution < -0.4 is 0 Å². The fraction of sp³-hybridized carbons (Fsp3) is 0.562. The second kappa shape index (κ2) is 6.77. The van der Waals surface area contributed by atoms with Crippen molar-refractivity contribution in [3.63, 3.8) is 0 Å². The minimum absolute atomic E-state index is 0.228. The first-order valence-electron chi connectivity index (χ1n) is 7.83. The van der Waals surface area contributed by atoms with Gasteiger partial charge in [0.15, 0.2) is 5.15 Å². The molecule has 0 aliphatic carbocycles. The molecule has 0 bridgehead atoms. The van der Waals surface area contributed by atoms with Crippen LogP contribution in [0.1, 0.15) is 44.4 Å². The van der Waals surface area contributed by atoms with Crippen molar-refractivity contribution in [2.24, 2.45) is 0 Å². The van der Waals surface area contributed by atoms with Crippen molar-refractivity contribution in [2.75, 3.05) is 13.1 Å². The van der Waals surface area contributed by atoms with Crippen LogP contribution in [0.4, 0.5) is 4.79 Å². The second-order valence-electron chi connectivity index (χ2n) is 6.91. The van der Waals surface area contributed by atoms with E-state index in [0.29, 0.717) is 24.2 Å². The molecule has 3 heterocycles. The van der Waals surface area contributed by atoms with Gasteiger partial charge in [0, 0.05) is 27.8 Å². The number of thiophene rings is 1. The van der Waals surface area contributed by atoms with Gasteiger partial charge in [0.2, 0.25) is 0 Å². The van der Waals surface area contributed by atoms with Gasteiger partial charge in [0.1, 0.15) is 10.4 Å². The average molecular weight is 433 g/mol. The summed E-state index contributed by atoms with van der Waals surface area (Å²) in [6.07, 6.45) is 1.59. The highest BCUT2D eigenvalue weighted by Crippen LogP contribution is 2.42. The van der Waals surface area contributed by atoms with Gasteiger partial charge >= 0.3 is 6.09 Å².